The minimum absolute atomic E-state index is 0.491. The lowest BCUT2D eigenvalue weighted by Crippen LogP contribution is -2.23. The minimum atomic E-state index is -0.491. The summed E-state index contributed by atoms with van der Waals surface area (Å²) in [6.45, 7) is 3.36. The molecule has 0 aliphatic heterocycles. The summed E-state index contributed by atoms with van der Waals surface area (Å²) < 4.78 is 6.62. The van der Waals surface area contributed by atoms with Gasteiger partial charge in [0, 0.05) is 12.3 Å². The van der Waals surface area contributed by atoms with Gasteiger partial charge in [0.2, 0.25) is 0 Å². The summed E-state index contributed by atoms with van der Waals surface area (Å²) >= 11 is 1.76. The van der Waals surface area contributed by atoms with E-state index in [1.165, 1.54) is 5.75 Å². The molecule has 0 heterocycles. The fraction of sp³-hybridized carbons (Fsp3) is 1.00. The molecule has 4 heteroatoms. The second kappa shape index (κ2) is 6.17. The maximum absolute atomic E-state index is 3.57. The Morgan fingerprint density at radius 3 is 2.45 bits per heavy atom. The van der Waals surface area contributed by atoms with Gasteiger partial charge < -0.3 is 0 Å². The average Bonchev–Trinajstić information content (AvgIpc) is 1.99. The highest BCUT2D eigenvalue weighted by Crippen LogP contribution is 2.32. The van der Waals surface area contributed by atoms with Crippen LogP contribution in [0.1, 0.15) is 6.92 Å². The molecular weight excluding hydrogens is 176 g/mol. The Labute approximate surface area is 76.5 Å². The van der Waals surface area contributed by atoms with Crippen molar-refractivity contribution in [2.24, 2.45) is 0 Å². The van der Waals surface area contributed by atoms with Gasteiger partial charge >= 0.3 is 0 Å². The van der Waals surface area contributed by atoms with E-state index in [0.717, 1.165) is 12.3 Å². The van der Waals surface area contributed by atoms with Crippen LogP contribution in [0.5, 0.6) is 0 Å². The molecule has 0 aromatic carbocycles. The molecule has 0 saturated carbocycles. The molecule has 0 atom stereocenters. The SMILES string of the molecule is CCS(C)(C)NCCSNC. The highest BCUT2D eigenvalue weighted by molar-refractivity contribution is 8.31. The summed E-state index contributed by atoms with van der Waals surface area (Å²) in [5.74, 6) is 2.41. The molecule has 0 unspecified atom stereocenters. The van der Waals surface area contributed by atoms with Crippen molar-refractivity contribution in [3.63, 3.8) is 0 Å². The van der Waals surface area contributed by atoms with Gasteiger partial charge in [-0.25, -0.2) is 0 Å². The molecule has 0 amide bonds. The van der Waals surface area contributed by atoms with Crippen LogP contribution in [0, 0.1) is 0 Å². The van der Waals surface area contributed by atoms with E-state index in [1.807, 2.05) is 7.05 Å². The van der Waals surface area contributed by atoms with E-state index in [1.54, 1.807) is 11.9 Å². The van der Waals surface area contributed by atoms with Crippen LogP contribution in [-0.2, 0) is 0 Å². The fourth-order valence-corrected chi connectivity index (χ4v) is 1.97. The molecule has 0 aromatic rings. The molecule has 2 nitrogen and oxygen atoms in total. The Kier molecular flexibility index (Phi) is 6.52. The van der Waals surface area contributed by atoms with E-state index in [9.17, 15) is 0 Å². The zero-order valence-corrected chi connectivity index (χ0v) is 9.57. The van der Waals surface area contributed by atoms with Crippen LogP contribution in [0.25, 0.3) is 0 Å². The summed E-state index contributed by atoms with van der Waals surface area (Å²) in [5, 5.41) is 0. The average molecular weight is 196 g/mol. The number of hydrogen-bond donors (Lipinski definition) is 2. The molecule has 0 bridgehead atoms. The van der Waals surface area contributed by atoms with Gasteiger partial charge in [0.1, 0.15) is 0 Å². The van der Waals surface area contributed by atoms with Crippen molar-refractivity contribution >= 4 is 22.2 Å². The molecule has 2 N–H and O–H groups in total. The second-order valence-corrected chi connectivity index (χ2v) is 7.82. The van der Waals surface area contributed by atoms with Crippen LogP contribution in [0.2, 0.25) is 0 Å². The predicted molar refractivity (Wildman–Crippen MR) is 59.5 cm³/mol. The normalized spacial score (nSPS) is 13.5. The molecule has 70 valence electrons. The molecule has 0 aromatic heterocycles. The fourth-order valence-electron chi connectivity index (χ4n) is 0.573. The van der Waals surface area contributed by atoms with Crippen LogP contribution in [0.4, 0.5) is 0 Å². The molecule has 0 aliphatic carbocycles. The smallest absolute Gasteiger partial charge is 0.0213 e. The van der Waals surface area contributed by atoms with Crippen molar-refractivity contribution in [2.75, 3.05) is 37.6 Å². The molecule has 0 fully saturated rings. The van der Waals surface area contributed by atoms with Crippen molar-refractivity contribution in [2.45, 2.75) is 6.92 Å². The highest BCUT2D eigenvalue weighted by atomic mass is 32.3. The molecular formula is C7H20N2S2. The predicted octanol–water partition coefficient (Wildman–Crippen LogP) is 1.44. The van der Waals surface area contributed by atoms with E-state index in [0.29, 0.717) is 0 Å². The maximum Gasteiger partial charge on any atom is 0.0213 e. The number of hydrogen-bond acceptors (Lipinski definition) is 3. The first-order valence-corrected chi connectivity index (χ1v) is 7.47. The lowest BCUT2D eigenvalue weighted by atomic mass is 10.8. The van der Waals surface area contributed by atoms with Crippen LogP contribution in [0.3, 0.4) is 0 Å². The summed E-state index contributed by atoms with van der Waals surface area (Å²) in [6, 6.07) is 0. The van der Waals surface area contributed by atoms with Gasteiger partial charge in [0.25, 0.3) is 0 Å². The Balaban J connectivity index is 3.23. The van der Waals surface area contributed by atoms with E-state index >= 15 is 0 Å². The van der Waals surface area contributed by atoms with Gasteiger partial charge in [-0.05, 0) is 25.3 Å². The Bertz CT molecular complexity index is 96.4. The molecule has 0 radical (unpaired) electrons. The third kappa shape index (κ3) is 7.00. The number of nitrogens with one attached hydrogen (secondary N) is 2. The van der Waals surface area contributed by atoms with Crippen LogP contribution in [0.15, 0.2) is 0 Å². The van der Waals surface area contributed by atoms with Crippen LogP contribution in [-0.4, -0.2) is 37.6 Å². The first-order valence-electron chi connectivity index (χ1n) is 3.86. The van der Waals surface area contributed by atoms with Crippen molar-refractivity contribution in [3.8, 4) is 0 Å². The monoisotopic (exact) mass is 196 g/mol. The van der Waals surface area contributed by atoms with Gasteiger partial charge in [-0.15, -0.1) is 0 Å². The van der Waals surface area contributed by atoms with Gasteiger partial charge in [0.15, 0.2) is 0 Å². The van der Waals surface area contributed by atoms with Crippen molar-refractivity contribution in [3.05, 3.63) is 0 Å². The minimum Gasteiger partial charge on any atom is -0.280 e. The molecule has 11 heavy (non-hydrogen) atoms. The summed E-state index contributed by atoms with van der Waals surface area (Å²) in [7, 11) is 1.47. The van der Waals surface area contributed by atoms with Gasteiger partial charge in [-0.1, -0.05) is 18.9 Å². The van der Waals surface area contributed by atoms with Gasteiger partial charge in [0.05, 0.1) is 0 Å². The van der Waals surface area contributed by atoms with E-state index in [2.05, 4.69) is 28.9 Å². The van der Waals surface area contributed by atoms with Gasteiger partial charge in [-0.2, -0.15) is 10.2 Å². The molecule has 0 rings (SSSR count). The quantitative estimate of drug-likeness (QED) is 0.496. The number of rotatable bonds is 6. The van der Waals surface area contributed by atoms with Crippen molar-refractivity contribution in [1.29, 1.82) is 0 Å². The largest absolute Gasteiger partial charge is 0.280 e. The Morgan fingerprint density at radius 2 is 2.00 bits per heavy atom. The van der Waals surface area contributed by atoms with E-state index < -0.39 is 10.2 Å². The van der Waals surface area contributed by atoms with E-state index in [4.69, 9.17) is 0 Å². The van der Waals surface area contributed by atoms with Crippen molar-refractivity contribution in [1.82, 2.24) is 9.44 Å². The van der Waals surface area contributed by atoms with Crippen LogP contribution >= 0.6 is 22.2 Å². The van der Waals surface area contributed by atoms with Crippen molar-refractivity contribution < 1.29 is 0 Å². The lowest BCUT2D eigenvalue weighted by molar-refractivity contribution is 1.02. The summed E-state index contributed by atoms with van der Waals surface area (Å²) in [4.78, 5) is 0. The molecule has 0 saturated heterocycles. The third-order valence-corrected chi connectivity index (χ3v) is 4.69. The van der Waals surface area contributed by atoms with Gasteiger partial charge in [-0.3, -0.25) is 9.44 Å². The zero-order chi connectivity index (χ0) is 8.74. The standard InChI is InChI=1S/C7H20N2S2/c1-5-11(3,4)9-6-7-10-8-2/h8-9H,5-7H2,1-4H3. The van der Waals surface area contributed by atoms with Crippen LogP contribution < -0.4 is 9.44 Å². The Hall–Kier alpha value is 0.620. The maximum atomic E-state index is 3.57. The highest BCUT2D eigenvalue weighted by Gasteiger charge is 2.05. The third-order valence-electron chi connectivity index (χ3n) is 1.56. The summed E-state index contributed by atoms with van der Waals surface area (Å²) in [6.07, 6.45) is 4.63. The first kappa shape index (κ1) is 11.6. The molecule has 0 aliphatic rings. The Morgan fingerprint density at radius 1 is 1.36 bits per heavy atom. The topological polar surface area (TPSA) is 24.1 Å². The lowest BCUT2D eigenvalue weighted by Gasteiger charge is -2.30. The zero-order valence-electron chi connectivity index (χ0n) is 7.94. The molecule has 0 spiro atoms. The first-order chi connectivity index (χ1) is 5.12. The summed E-state index contributed by atoms with van der Waals surface area (Å²) in [5.41, 5.74) is 0. The van der Waals surface area contributed by atoms with E-state index in [-0.39, 0.29) is 0 Å². The second-order valence-electron chi connectivity index (χ2n) is 2.77.